The van der Waals surface area contributed by atoms with Crippen molar-refractivity contribution in [3.63, 3.8) is 0 Å². The van der Waals surface area contributed by atoms with Crippen LogP contribution in [0.15, 0.2) is 65.6 Å². The van der Waals surface area contributed by atoms with Crippen molar-refractivity contribution >= 4 is 5.84 Å². The third kappa shape index (κ3) is 6.50. The van der Waals surface area contributed by atoms with Crippen LogP contribution in [0.1, 0.15) is 35.4 Å². The fourth-order valence-electron chi connectivity index (χ4n) is 4.36. The molecular formula is C28H32FN7O3. The number of methoxy groups -OCH3 is 1. The number of halogens is 1. The molecule has 4 rings (SSSR count). The standard InChI is InChI=1S/C28H32FN7O3/c1-17(16-35(2)3)39-23-15-20(38-4)14-21(25(23)29)22(13-18-8-10-19(11-9-18)26(30)31)27-33-28(37)36(34-27)24-7-5-6-12-32-24/h5-12,14-15,17,22H,13,16H2,1-4H3,(H3,30,31)(H,33,34,37). The van der Waals surface area contributed by atoms with E-state index in [0.717, 1.165) is 10.2 Å². The number of nitrogens with one attached hydrogen (secondary N) is 2. The Bertz CT molecular complexity index is 1480. The van der Waals surface area contributed by atoms with Gasteiger partial charge in [0, 0.05) is 29.9 Å². The summed E-state index contributed by atoms with van der Waals surface area (Å²) in [7, 11) is 5.32. The molecule has 2 heterocycles. The number of amidine groups is 1. The van der Waals surface area contributed by atoms with E-state index < -0.39 is 17.4 Å². The molecule has 2 aromatic heterocycles. The number of aromatic nitrogens is 4. The van der Waals surface area contributed by atoms with Gasteiger partial charge in [-0.25, -0.2) is 14.2 Å². The van der Waals surface area contributed by atoms with Crippen molar-refractivity contribution in [3.8, 4) is 17.3 Å². The van der Waals surface area contributed by atoms with Crippen molar-refractivity contribution in [1.82, 2.24) is 24.6 Å². The van der Waals surface area contributed by atoms with Crippen molar-refractivity contribution in [2.24, 2.45) is 5.73 Å². The Morgan fingerprint density at radius 2 is 1.95 bits per heavy atom. The third-order valence-electron chi connectivity index (χ3n) is 6.14. The van der Waals surface area contributed by atoms with Gasteiger partial charge in [-0.15, -0.1) is 5.10 Å². The van der Waals surface area contributed by atoms with Gasteiger partial charge in [0.15, 0.2) is 17.4 Å². The molecule has 39 heavy (non-hydrogen) atoms. The topological polar surface area (TPSA) is 135 Å². The van der Waals surface area contributed by atoms with E-state index in [9.17, 15) is 4.79 Å². The summed E-state index contributed by atoms with van der Waals surface area (Å²) in [5.74, 6) is -0.302. The molecule has 0 saturated carbocycles. The monoisotopic (exact) mass is 533 g/mol. The molecule has 204 valence electrons. The molecule has 0 spiro atoms. The van der Waals surface area contributed by atoms with Crippen molar-refractivity contribution < 1.29 is 13.9 Å². The number of nitrogens with two attached hydrogens (primary N) is 1. The molecule has 0 aliphatic heterocycles. The van der Waals surface area contributed by atoms with E-state index in [4.69, 9.17) is 20.6 Å². The van der Waals surface area contributed by atoms with Gasteiger partial charge < -0.3 is 20.1 Å². The average Bonchev–Trinajstić information content (AvgIpc) is 3.30. The zero-order valence-electron chi connectivity index (χ0n) is 22.3. The Kier molecular flexibility index (Phi) is 8.40. The highest BCUT2D eigenvalue weighted by atomic mass is 19.1. The van der Waals surface area contributed by atoms with Gasteiger partial charge in [0.05, 0.1) is 13.0 Å². The predicted molar refractivity (Wildman–Crippen MR) is 147 cm³/mol. The molecule has 0 aliphatic carbocycles. The van der Waals surface area contributed by atoms with Gasteiger partial charge in [0.1, 0.15) is 23.5 Å². The molecule has 0 aliphatic rings. The lowest BCUT2D eigenvalue weighted by molar-refractivity contribution is 0.169. The van der Waals surface area contributed by atoms with E-state index in [2.05, 4.69) is 15.1 Å². The SMILES string of the molecule is COc1cc(OC(C)CN(C)C)c(F)c(C(Cc2ccc(C(=N)N)cc2)c2nn(-c3ccccn3)c(=O)[nH]2)c1. The number of pyridine rings is 1. The van der Waals surface area contributed by atoms with E-state index in [1.54, 1.807) is 42.6 Å². The molecule has 0 bridgehead atoms. The first kappa shape index (κ1) is 27.5. The molecule has 0 amide bonds. The summed E-state index contributed by atoms with van der Waals surface area (Å²) in [5, 5.41) is 12.2. The highest BCUT2D eigenvalue weighted by Gasteiger charge is 2.27. The molecular weight excluding hydrogens is 501 g/mol. The van der Waals surface area contributed by atoms with Gasteiger partial charge >= 0.3 is 5.69 Å². The zero-order chi connectivity index (χ0) is 28.1. The number of benzene rings is 2. The van der Waals surface area contributed by atoms with E-state index in [1.165, 1.54) is 13.2 Å². The van der Waals surface area contributed by atoms with Gasteiger partial charge in [0.25, 0.3) is 0 Å². The zero-order valence-corrected chi connectivity index (χ0v) is 22.3. The van der Waals surface area contributed by atoms with Gasteiger partial charge in [-0.1, -0.05) is 30.3 Å². The number of hydrogen-bond donors (Lipinski definition) is 3. The summed E-state index contributed by atoms with van der Waals surface area (Å²) < 4.78 is 28.8. The molecule has 10 nitrogen and oxygen atoms in total. The fraction of sp³-hybridized carbons (Fsp3) is 0.286. The van der Waals surface area contributed by atoms with E-state index in [-0.39, 0.29) is 35.5 Å². The molecule has 11 heteroatoms. The Labute approximate surface area is 225 Å². The number of nitrogen functional groups attached to an aromatic ring is 1. The van der Waals surface area contributed by atoms with Crippen LogP contribution in [0.4, 0.5) is 4.39 Å². The predicted octanol–water partition coefficient (Wildman–Crippen LogP) is 3.09. The number of rotatable bonds is 11. The van der Waals surface area contributed by atoms with Crippen molar-refractivity contribution in [3.05, 3.63) is 99.6 Å². The number of hydrogen-bond acceptors (Lipinski definition) is 7. The first-order valence-corrected chi connectivity index (χ1v) is 12.4. The molecule has 2 unspecified atom stereocenters. The summed E-state index contributed by atoms with van der Waals surface area (Å²) in [6.07, 6.45) is 1.55. The van der Waals surface area contributed by atoms with Crippen molar-refractivity contribution in [1.29, 1.82) is 5.41 Å². The minimum absolute atomic E-state index is 0.0436. The highest BCUT2D eigenvalue weighted by Crippen LogP contribution is 2.36. The second kappa shape index (κ2) is 11.9. The normalized spacial score (nSPS) is 12.8. The van der Waals surface area contributed by atoms with Gasteiger partial charge in [0.2, 0.25) is 0 Å². The first-order valence-electron chi connectivity index (χ1n) is 12.4. The van der Waals surface area contributed by atoms with E-state index in [0.29, 0.717) is 23.7 Å². The minimum Gasteiger partial charge on any atom is -0.497 e. The summed E-state index contributed by atoms with van der Waals surface area (Å²) in [6.45, 7) is 2.44. The molecule has 2 aromatic carbocycles. The molecule has 4 N–H and O–H groups in total. The van der Waals surface area contributed by atoms with Crippen LogP contribution >= 0.6 is 0 Å². The summed E-state index contributed by atoms with van der Waals surface area (Å²) in [4.78, 5) is 21.8. The average molecular weight is 534 g/mol. The lowest BCUT2D eigenvalue weighted by Gasteiger charge is -2.22. The lowest BCUT2D eigenvalue weighted by Crippen LogP contribution is -2.28. The van der Waals surface area contributed by atoms with Crippen molar-refractivity contribution in [2.45, 2.75) is 25.4 Å². The highest BCUT2D eigenvalue weighted by molar-refractivity contribution is 5.94. The molecule has 0 saturated heterocycles. The van der Waals surface area contributed by atoms with Crippen LogP contribution in [0.25, 0.3) is 5.82 Å². The van der Waals surface area contributed by atoms with Crippen LogP contribution in [0.3, 0.4) is 0 Å². The van der Waals surface area contributed by atoms with Crippen LogP contribution in [0.2, 0.25) is 0 Å². The molecule has 0 fully saturated rings. The van der Waals surface area contributed by atoms with Crippen LogP contribution in [-0.4, -0.2) is 64.3 Å². The number of H-pyrrole nitrogens is 1. The van der Waals surface area contributed by atoms with Gasteiger partial charge in [-0.2, -0.15) is 4.68 Å². The summed E-state index contributed by atoms with van der Waals surface area (Å²) >= 11 is 0. The maximum absolute atomic E-state index is 16.1. The van der Waals surface area contributed by atoms with Crippen molar-refractivity contribution in [2.75, 3.05) is 27.7 Å². The number of likely N-dealkylation sites (N-methyl/N-ethyl adjacent to an activating group) is 1. The maximum atomic E-state index is 16.1. The molecule has 2 atom stereocenters. The van der Waals surface area contributed by atoms with E-state index >= 15 is 4.39 Å². The van der Waals surface area contributed by atoms with Crippen LogP contribution in [-0.2, 0) is 6.42 Å². The smallest absolute Gasteiger partial charge is 0.349 e. The first-order chi connectivity index (χ1) is 18.7. The van der Waals surface area contributed by atoms with Gasteiger partial charge in [-0.3, -0.25) is 10.4 Å². The Balaban J connectivity index is 1.82. The second-order valence-corrected chi connectivity index (χ2v) is 9.50. The lowest BCUT2D eigenvalue weighted by atomic mass is 9.90. The molecule has 0 radical (unpaired) electrons. The maximum Gasteiger partial charge on any atom is 0.349 e. The summed E-state index contributed by atoms with van der Waals surface area (Å²) in [6, 6.07) is 15.3. The summed E-state index contributed by atoms with van der Waals surface area (Å²) in [5.41, 5.74) is 6.75. The third-order valence-corrected chi connectivity index (χ3v) is 6.14. The van der Waals surface area contributed by atoms with Crippen LogP contribution in [0, 0.1) is 11.2 Å². The quantitative estimate of drug-likeness (QED) is 0.199. The van der Waals surface area contributed by atoms with Crippen LogP contribution in [0.5, 0.6) is 11.5 Å². The fourth-order valence-corrected chi connectivity index (χ4v) is 4.36. The molecule has 4 aromatic rings. The Hall–Kier alpha value is -4.51. The van der Waals surface area contributed by atoms with E-state index in [1.807, 2.05) is 38.1 Å². The second-order valence-electron chi connectivity index (χ2n) is 9.50. The number of aromatic amines is 1. The largest absolute Gasteiger partial charge is 0.497 e. The number of nitrogens with zero attached hydrogens (tertiary/aromatic N) is 4. The van der Waals surface area contributed by atoms with Gasteiger partial charge in [-0.05, 0) is 51.2 Å². The Morgan fingerprint density at radius 3 is 2.56 bits per heavy atom. The van der Waals surface area contributed by atoms with Crippen LogP contribution < -0.4 is 20.9 Å². The minimum atomic E-state index is -0.715. The Morgan fingerprint density at radius 1 is 1.21 bits per heavy atom. The number of ether oxygens (including phenoxy) is 2.